The second-order valence-electron chi connectivity index (χ2n) is 6.85. The number of hydrogen-bond acceptors (Lipinski definition) is 3. The van der Waals surface area contributed by atoms with Gasteiger partial charge >= 0.3 is 0 Å². The first-order chi connectivity index (χ1) is 13.3. The molecule has 132 valence electrons. The average molecular weight is 370 g/mol. The molecule has 1 aromatic heterocycles. The number of carbonyl (C=O) groups excluding carboxylic acids is 1. The molecule has 4 heteroatoms. The largest absolute Gasteiger partial charge is 0.302 e. The van der Waals surface area contributed by atoms with E-state index in [4.69, 9.17) is 4.98 Å². The number of nitrogens with one attached hydrogen (secondary N) is 1. The molecule has 0 bridgehead atoms. The van der Waals surface area contributed by atoms with E-state index in [2.05, 4.69) is 47.8 Å². The van der Waals surface area contributed by atoms with E-state index in [1.54, 1.807) is 11.3 Å². The van der Waals surface area contributed by atoms with Crippen LogP contribution < -0.4 is 5.32 Å². The minimum absolute atomic E-state index is 0.0235. The van der Waals surface area contributed by atoms with Gasteiger partial charge in [0.1, 0.15) is 0 Å². The lowest BCUT2D eigenvalue weighted by Crippen LogP contribution is -2.14. The van der Waals surface area contributed by atoms with E-state index >= 15 is 0 Å². The number of aryl methyl sites for hydroxylation is 2. The van der Waals surface area contributed by atoms with Crippen molar-refractivity contribution in [2.24, 2.45) is 0 Å². The Morgan fingerprint density at radius 3 is 2.70 bits per heavy atom. The quantitative estimate of drug-likeness (QED) is 0.536. The highest BCUT2D eigenvalue weighted by atomic mass is 32.1. The van der Waals surface area contributed by atoms with Gasteiger partial charge in [-0.15, -0.1) is 11.3 Å². The van der Waals surface area contributed by atoms with E-state index in [0.717, 1.165) is 29.5 Å². The monoisotopic (exact) mass is 370 g/mol. The summed E-state index contributed by atoms with van der Waals surface area (Å²) in [6.45, 7) is 0. The van der Waals surface area contributed by atoms with E-state index in [-0.39, 0.29) is 5.91 Å². The number of aromatic nitrogens is 1. The Labute approximate surface area is 161 Å². The number of nitrogens with zero attached hydrogens (tertiary/aromatic N) is 1. The van der Waals surface area contributed by atoms with Crippen molar-refractivity contribution in [3.8, 4) is 11.3 Å². The Morgan fingerprint density at radius 1 is 0.963 bits per heavy atom. The third-order valence-electron chi connectivity index (χ3n) is 5.02. The van der Waals surface area contributed by atoms with Crippen molar-refractivity contribution in [2.75, 3.05) is 5.32 Å². The molecule has 3 aromatic carbocycles. The summed E-state index contributed by atoms with van der Waals surface area (Å²) in [6.07, 6.45) is 2.38. The van der Waals surface area contributed by atoms with Crippen LogP contribution in [0.2, 0.25) is 0 Å². The van der Waals surface area contributed by atoms with Crippen LogP contribution in [0.4, 0.5) is 5.13 Å². The first-order valence-electron chi connectivity index (χ1n) is 9.12. The SMILES string of the molecule is O=C(Cc1ccc2ccccc2c1)Nc1nc2c(s1)CCc1ccccc1-2. The van der Waals surface area contributed by atoms with E-state index in [1.807, 2.05) is 24.3 Å². The van der Waals surface area contributed by atoms with Gasteiger partial charge in [0.15, 0.2) is 5.13 Å². The normalized spacial score (nSPS) is 12.4. The van der Waals surface area contributed by atoms with Crippen molar-refractivity contribution in [1.29, 1.82) is 0 Å². The molecule has 27 heavy (non-hydrogen) atoms. The first kappa shape index (κ1) is 16.2. The van der Waals surface area contributed by atoms with Gasteiger partial charge in [-0.05, 0) is 34.7 Å². The molecular weight excluding hydrogens is 352 g/mol. The van der Waals surface area contributed by atoms with Crippen LogP contribution in [0.25, 0.3) is 22.0 Å². The lowest BCUT2D eigenvalue weighted by atomic mass is 9.94. The van der Waals surface area contributed by atoms with Gasteiger partial charge in [-0.3, -0.25) is 4.79 Å². The second-order valence-corrected chi connectivity index (χ2v) is 7.94. The van der Waals surface area contributed by atoms with E-state index in [0.29, 0.717) is 11.6 Å². The lowest BCUT2D eigenvalue weighted by Gasteiger charge is -2.13. The Balaban J connectivity index is 1.35. The molecule has 0 saturated carbocycles. The van der Waals surface area contributed by atoms with Crippen LogP contribution in [0.1, 0.15) is 16.0 Å². The van der Waals surface area contributed by atoms with E-state index in [9.17, 15) is 4.79 Å². The molecule has 5 rings (SSSR count). The van der Waals surface area contributed by atoms with Crippen molar-refractivity contribution in [2.45, 2.75) is 19.3 Å². The molecule has 0 atom stereocenters. The van der Waals surface area contributed by atoms with E-state index < -0.39 is 0 Å². The molecule has 0 spiro atoms. The molecule has 0 radical (unpaired) electrons. The Kier molecular flexibility index (Phi) is 3.98. The highest BCUT2D eigenvalue weighted by Gasteiger charge is 2.21. The molecule has 0 aliphatic heterocycles. The van der Waals surface area contributed by atoms with Gasteiger partial charge in [0, 0.05) is 10.4 Å². The van der Waals surface area contributed by atoms with Gasteiger partial charge in [0.25, 0.3) is 0 Å². The number of hydrogen-bond donors (Lipinski definition) is 1. The van der Waals surface area contributed by atoms with Gasteiger partial charge < -0.3 is 5.32 Å². The maximum absolute atomic E-state index is 12.5. The van der Waals surface area contributed by atoms with Gasteiger partial charge in [-0.1, -0.05) is 66.7 Å². The fraction of sp³-hybridized carbons (Fsp3) is 0.130. The van der Waals surface area contributed by atoms with Crippen molar-refractivity contribution in [3.05, 3.63) is 82.7 Å². The molecule has 1 amide bonds. The molecule has 4 aromatic rings. The number of anilines is 1. The standard InChI is InChI=1S/C23H18N2OS/c26-21(14-15-9-10-16-5-1-2-7-18(16)13-15)24-23-25-22-19-8-4-3-6-17(19)11-12-20(22)27-23/h1-10,13H,11-12,14H2,(H,24,25,26). The van der Waals surface area contributed by atoms with Crippen molar-refractivity contribution < 1.29 is 4.79 Å². The smallest absolute Gasteiger partial charge is 0.230 e. The number of benzene rings is 3. The van der Waals surface area contributed by atoms with Gasteiger partial charge in [0.2, 0.25) is 5.91 Å². The average Bonchev–Trinajstić information content (AvgIpc) is 3.10. The topological polar surface area (TPSA) is 42.0 Å². The summed E-state index contributed by atoms with van der Waals surface area (Å²) in [5, 5.41) is 6.04. The summed E-state index contributed by atoms with van der Waals surface area (Å²) >= 11 is 1.60. The van der Waals surface area contributed by atoms with Crippen LogP contribution >= 0.6 is 11.3 Å². The molecular formula is C23H18N2OS. The number of amides is 1. The minimum atomic E-state index is -0.0235. The van der Waals surface area contributed by atoms with Crippen LogP contribution in [-0.2, 0) is 24.1 Å². The van der Waals surface area contributed by atoms with Gasteiger partial charge in [-0.2, -0.15) is 0 Å². The molecule has 0 fully saturated rings. The number of rotatable bonds is 3. The van der Waals surface area contributed by atoms with Crippen molar-refractivity contribution in [3.63, 3.8) is 0 Å². The Hall–Kier alpha value is -2.98. The molecule has 0 saturated heterocycles. The minimum Gasteiger partial charge on any atom is -0.302 e. The van der Waals surface area contributed by atoms with Crippen LogP contribution in [0.5, 0.6) is 0 Å². The van der Waals surface area contributed by atoms with Crippen LogP contribution in [0.15, 0.2) is 66.7 Å². The predicted molar refractivity (Wildman–Crippen MR) is 111 cm³/mol. The maximum atomic E-state index is 12.5. The third-order valence-corrected chi connectivity index (χ3v) is 6.05. The zero-order valence-electron chi connectivity index (χ0n) is 14.7. The summed E-state index contributed by atoms with van der Waals surface area (Å²) in [4.78, 5) is 18.5. The van der Waals surface area contributed by atoms with Crippen LogP contribution in [-0.4, -0.2) is 10.9 Å². The molecule has 1 heterocycles. The zero-order chi connectivity index (χ0) is 18.2. The third kappa shape index (κ3) is 3.13. The zero-order valence-corrected chi connectivity index (χ0v) is 15.6. The summed E-state index contributed by atoms with van der Waals surface area (Å²) in [6, 6.07) is 22.8. The van der Waals surface area contributed by atoms with Crippen LogP contribution in [0, 0.1) is 0 Å². The molecule has 1 N–H and O–H groups in total. The van der Waals surface area contributed by atoms with Gasteiger partial charge in [-0.25, -0.2) is 4.98 Å². The summed E-state index contributed by atoms with van der Waals surface area (Å²) in [5.41, 5.74) is 4.58. The lowest BCUT2D eigenvalue weighted by molar-refractivity contribution is -0.115. The number of thiazole rings is 1. The molecule has 0 unspecified atom stereocenters. The Bertz CT molecular complexity index is 1160. The second kappa shape index (κ2) is 6.63. The van der Waals surface area contributed by atoms with Crippen molar-refractivity contribution >= 4 is 33.1 Å². The fourth-order valence-corrected chi connectivity index (χ4v) is 4.69. The highest BCUT2D eigenvalue weighted by molar-refractivity contribution is 7.16. The number of carbonyl (C=O) groups is 1. The highest BCUT2D eigenvalue weighted by Crippen LogP contribution is 2.37. The first-order valence-corrected chi connectivity index (χ1v) is 9.93. The Morgan fingerprint density at radius 2 is 1.78 bits per heavy atom. The predicted octanol–water partition coefficient (Wildman–Crippen LogP) is 5.24. The summed E-state index contributed by atoms with van der Waals surface area (Å²) in [5.74, 6) is -0.0235. The van der Waals surface area contributed by atoms with Crippen molar-refractivity contribution in [1.82, 2.24) is 4.98 Å². The number of fused-ring (bicyclic) bond motifs is 4. The van der Waals surface area contributed by atoms with Gasteiger partial charge in [0.05, 0.1) is 12.1 Å². The molecule has 3 nitrogen and oxygen atoms in total. The summed E-state index contributed by atoms with van der Waals surface area (Å²) < 4.78 is 0. The van der Waals surface area contributed by atoms with Crippen LogP contribution in [0.3, 0.4) is 0 Å². The maximum Gasteiger partial charge on any atom is 0.230 e. The molecule has 1 aliphatic rings. The fourth-order valence-electron chi connectivity index (χ4n) is 3.70. The molecule has 1 aliphatic carbocycles. The van der Waals surface area contributed by atoms with E-state index in [1.165, 1.54) is 21.4 Å². The summed E-state index contributed by atoms with van der Waals surface area (Å²) in [7, 11) is 0.